The second-order valence-corrected chi connectivity index (χ2v) is 8.42. The number of pyridine rings is 1. The van der Waals surface area contributed by atoms with E-state index in [1.165, 1.54) is 5.56 Å². The summed E-state index contributed by atoms with van der Waals surface area (Å²) in [5.74, 6) is 0.801. The number of imidazole rings is 1. The Hall–Kier alpha value is -3.90. The number of hydrogen-bond acceptors (Lipinski definition) is 4. The van der Waals surface area contributed by atoms with Crippen LogP contribution in [-0.4, -0.2) is 57.8 Å². The molecule has 6 heteroatoms. The van der Waals surface area contributed by atoms with Gasteiger partial charge in [-0.3, -0.25) is 9.69 Å². The Balaban J connectivity index is 1.09. The molecule has 0 N–H and O–H groups in total. The highest BCUT2D eigenvalue weighted by molar-refractivity contribution is 5.94. The van der Waals surface area contributed by atoms with Gasteiger partial charge in [-0.25, -0.2) is 4.98 Å². The molecule has 0 radical (unpaired) electrons. The van der Waals surface area contributed by atoms with Crippen LogP contribution in [0.15, 0.2) is 91.3 Å². The summed E-state index contributed by atoms with van der Waals surface area (Å²) in [4.78, 5) is 21.8. The van der Waals surface area contributed by atoms with Crippen LogP contribution in [0.4, 0.5) is 0 Å². The number of carbonyl (C=O) groups is 1. The first-order chi connectivity index (χ1) is 16.7. The normalized spacial score (nSPS) is 14.6. The van der Waals surface area contributed by atoms with Crippen LogP contribution >= 0.6 is 0 Å². The second kappa shape index (κ2) is 10.4. The maximum atomic E-state index is 12.9. The van der Waals surface area contributed by atoms with Crippen molar-refractivity contribution in [3.05, 3.63) is 108 Å². The summed E-state index contributed by atoms with van der Waals surface area (Å²) in [5.41, 5.74) is 3.66. The highest BCUT2D eigenvalue weighted by Crippen LogP contribution is 2.17. The molecule has 172 valence electrons. The molecule has 6 nitrogen and oxygen atoms in total. The van der Waals surface area contributed by atoms with Crippen molar-refractivity contribution in [1.29, 1.82) is 0 Å². The van der Waals surface area contributed by atoms with Crippen LogP contribution in [0.5, 0.6) is 5.75 Å². The van der Waals surface area contributed by atoms with Gasteiger partial charge in [-0.2, -0.15) is 0 Å². The molecule has 0 saturated carbocycles. The van der Waals surface area contributed by atoms with Gasteiger partial charge in [0, 0.05) is 50.7 Å². The average molecular weight is 453 g/mol. The highest BCUT2D eigenvalue weighted by Gasteiger charge is 2.21. The van der Waals surface area contributed by atoms with E-state index in [0.29, 0.717) is 12.2 Å². The lowest BCUT2D eigenvalue weighted by Crippen LogP contribution is -2.48. The lowest BCUT2D eigenvalue weighted by atomic mass is 10.1. The van der Waals surface area contributed by atoms with Gasteiger partial charge in [0.05, 0.1) is 5.69 Å². The van der Waals surface area contributed by atoms with E-state index in [2.05, 4.69) is 34.2 Å². The number of carbonyl (C=O) groups excluding carboxylic acids is 1. The SMILES string of the molecule is O=C(c1ccc(OCc2cn3ccccc3n2)cc1)N1CCN(C/C=C/c2ccccc2)CC1. The molecule has 1 amide bonds. The van der Waals surface area contributed by atoms with Crippen molar-refractivity contribution < 1.29 is 9.53 Å². The average Bonchev–Trinajstić information content (AvgIpc) is 3.32. The van der Waals surface area contributed by atoms with Crippen molar-refractivity contribution in [1.82, 2.24) is 19.2 Å². The van der Waals surface area contributed by atoms with Crippen LogP contribution in [0.25, 0.3) is 11.7 Å². The van der Waals surface area contributed by atoms with Crippen LogP contribution in [0.3, 0.4) is 0 Å². The molecule has 0 bridgehead atoms. The molecule has 4 aromatic rings. The number of ether oxygens (including phenoxy) is 1. The first-order valence-electron chi connectivity index (χ1n) is 11.6. The molecule has 34 heavy (non-hydrogen) atoms. The lowest BCUT2D eigenvalue weighted by molar-refractivity contribution is 0.0650. The second-order valence-electron chi connectivity index (χ2n) is 8.42. The summed E-state index contributed by atoms with van der Waals surface area (Å²) in [6.07, 6.45) is 8.27. The predicted molar refractivity (Wildman–Crippen MR) is 134 cm³/mol. The van der Waals surface area contributed by atoms with Gasteiger partial charge in [0.1, 0.15) is 18.0 Å². The van der Waals surface area contributed by atoms with Crippen LogP contribution in [0.1, 0.15) is 21.6 Å². The maximum absolute atomic E-state index is 12.9. The summed E-state index contributed by atoms with van der Waals surface area (Å²) >= 11 is 0. The Bertz CT molecular complexity index is 1220. The molecular weight excluding hydrogens is 424 g/mol. The van der Waals surface area contributed by atoms with E-state index in [1.807, 2.05) is 82.4 Å². The minimum atomic E-state index is 0.0754. The summed E-state index contributed by atoms with van der Waals surface area (Å²) in [5, 5.41) is 0. The number of nitrogens with zero attached hydrogens (tertiary/aromatic N) is 4. The molecule has 0 unspecified atom stereocenters. The molecule has 0 atom stereocenters. The molecule has 0 aliphatic carbocycles. The molecule has 1 aliphatic rings. The summed E-state index contributed by atoms with van der Waals surface area (Å²) in [6.45, 7) is 4.52. The van der Waals surface area contributed by atoms with E-state index in [4.69, 9.17) is 4.74 Å². The zero-order valence-electron chi connectivity index (χ0n) is 19.1. The fourth-order valence-electron chi connectivity index (χ4n) is 4.13. The van der Waals surface area contributed by atoms with Crippen LogP contribution in [-0.2, 0) is 6.61 Å². The van der Waals surface area contributed by atoms with E-state index in [1.54, 1.807) is 0 Å². The van der Waals surface area contributed by atoms with Crippen molar-refractivity contribution in [3.8, 4) is 5.75 Å². The molecule has 1 fully saturated rings. The van der Waals surface area contributed by atoms with Crippen molar-refractivity contribution in [3.63, 3.8) is 0 Å². The van der Waals surface area contributed by atoms with E-state index in [0.717, 1.165) is 49.8 Å². The zero-order valence-corrected chi connectivity index (χ0v) is 19.1. The van der Waals surface area contributed by atoms with E-state index >= 15 is 0 Å². The summed E-state index contributed by atoms with van der Waals surface area (Å²) < 4.78 is 7.84. The number of fused-ring (bicyclic) bond motifs is 1. The molecule has 5 rings (SSSR count). The van der Waals surface area contributed by atoms with Crippen molar-refractivity contribution in [2.75, 3.05) is 32.7 Å². The third-order valence-electron chi connectivity index (χ3n) is 6.03. The van der Waals surface area contributed by atoms with Gasteiger partial charge in [-0.05, 0) is 42.0 Å². The third-order valence-corrected chi connectivity index (χ3v) is 6.03. The number of amides is 1. The molecular formula is C28H28N4O2. The minimum Gasteiger partial charge on any atom is -0.487 e. The standard InChI is InChI=1S/C28H28N4O2/c33-28(31-19-17-30(18-20-31)15-6-9-23-7-2-1-3-8-23)24-11-13-26(14-12-24)34-22-25-21-32-16-5-4-10-27(32)29-25/h1-14,16,21H,15,17-20,22H2/b9-6+. The summed E-state index contributed by atoms with van der Waals surface area (Å²) in [6, 6.07) is 23.6. The van der Waals surface area contributed by atoms with Crippen molar-refractivity contribution in [2.24, 2.45) is 0 Å². The summed E-state index contributed by atoms with van der Waals surface area (Å²) in [7, 11) is 0. The lowest BCUT2D eigenvalue weighted by Gasteiger charge is -2.34. The molecule has 2 aromatic carbocycles. The monoisotopic (exact) mass is 452 g/mol. The Kier molecular flexibility index (Phi) is 6.68. The Morgan fingerprint density at radius 1 is 0.912 bits per heavy atom. The number of benzene rings is 2. The fourth-order valence-corrected chi connectivity index (χ4v) is 4.13. The molecule has 1 aliphatic heterocycles. The molecule has 3 heterocycles. The third kappa shape index (κ3) is 5.35. The number of piperazine rings is 1. The zero-order chi connectivity index (χ0) is 23.2. The maximum Gasteiger partial charge on any atom is 0.253 e. The van der Waals surface area contributed by atoms with Crippen LogP contribution in [0, 0.1) is 0 Å². The largest absolute Gasteiger partial charge is 0.487 e. The molecule has 2 aromatic heterocycles. The number of rotatable bonds is 7. The topological polar surface area (TPSA) is 50.1 Å². The quantitative estimate of drug-likeness (QED) is 0.418. The minimum absolute atomic E-state index is 0.0754. The van der Waals surface area contributed by atoms with Crippen LogP contribution in [0.2, 0.25) is 0 Å². The molecule has 0 spiro atoms. The van der Waals surface area contributed by atoms with Crippen molar-refractivity contribution in [2.45, 2.75) is 6.61 Å². The van der Waals surface area contributed by atoms with Crippen molar-refractivity contribution >= 4 is 17.6 Å². The fraction of sp³-hybridized carbons (Fsp3) is 0.214. The number of hydrogen-bond donors (Lipinski definition) is 0. The molecule has 1 saturated heterocycles. The Morgan fingerprint density at radius 2 is 1.68 bits per heavy atom. The van der Waals surface area contributed by atoms with Gasteiger partial charge in [-0.1, -0.05) is 48.6 Å². The predicted octanol–water partition coefficient (Wildman–Crippen LogP) is 4.38. The van der Waals surface area contributed by atoms with Gasteiger partial charge in [0.15, 0.2) is 0 Å². The Morgan fingerprint density at radius 3 is 2.44 bits per heavy atom. The van der Waals surface area contributed by atoms with Gasteiger partial charge in [0.25, 0.3) is 5.91 Å². The van der Waals surface area contributed by atoms with Crippen LogP contribution < -0.4 is 4.74 Å². The van der Waals surface area contributed by atoms with E-state index in [-0.39, 0.29) is 5.91 Å². The first kappa shape index (κ1) is 21.9. The smallest absolute Gasteiger partial charge is 0.253 e. The van der Waals surface area contributed by atoms with E-state index in [9.17, 15) is 4.79 Å². The van der Waals surface area contributed by atoms with Gasteiger partial charge in [0.2, 0.25) is 0 Å². The van der Waals surface area contributed by atoms with Gasteiger partial charge >= 0.3 is 0 Å². The van der Waals surface area contributed by atoms with Gasteiger partial charge in [-0.15, -0.1) is 0 Å². The Labute approximate surface area is 199 Å². The number of aromatic nitrogens is 2. The van der Waals surface area contributed by atoms with E-state index < -0.39 is 0 Å². The van der Waals surface area contributed by atoms with Gasteiger partial charge < -0.3 is 14.0 Å². The highest BCUT2D eigenvalue weighted by atomic mass is 16.5. The first-order valence-corrected chi connectivity index (χ1v) is 11.6.